The van der Waals surface area contributed by atoms with Crippen molar-refractivity contribution in [2.75, 3.05) is 20.2 Å². The third-order valence-electron chi connectivity index (χ3n) is 3.72. The second kappa shape index (κ2) is 7.15. The van der Waals surface area contributed by atoms with Gasteiger partial charge in [0.15, 0.2) is 0 Å². The van der Waals surface area contributed by atoms with Gasteiger partial charge in [-0.05, 0) is 44.2 Å². The molecule has 5 nitrogen and oxygen atoms in total. The highest BCUT2D eigenvalue weighted by molar-refractivity contribution is 7.13. The first-order valence-electron chi connectivity index (χ1n) is 7.48. The highest BCUT2D eigenvalue weighted by Crippen LogP contribution is 2.21. The van der Waals surface area contributed by atoms with Gasteiger partial charge >= 0.3 is 0 Å². The molecule has 2 aromatic rings. The Labute approximate surface area is 128 Å². The first-order valence-corrected chi connectivity index (χ1v) is 8.36. The topological polar surface area (TPSA) is 51.4 Å². The molecule has 1 fully saturated rings. The van der Waals surface area contributed by atoms with Crippen LogP contribution in [0.3, 0.4) is 0 Å². The van der Waals surface area contributed by atoms with Crippen molar-refractivity contribution in [1.82, 2.24) is 15.0 Å². The van der Waals surface area contributed by atoms with E-state index in [1.807, 2.05) is 17.5 Å². The summed E-state index contributed by atoms with van der Waals surface area (Å²) in [4.78, 5) is 7.70. The molecule has 0 aromatic carbocycles. The Bertz CT molecular complexity index is 535. The molecule has 0 amide bonds. The van der Waals surface area contributed by atoms with Gasteiger partial charge < -0.3 is 9.26 Å². The fourth-order valence-corrected chi connectivity index (χ4v) is 3.18. The van der Waals surface area contributed by atoms with Crippen molar-refractivity contribution < 1.29 is 9.26 Å². The summed E-state index contributed by atoms with van der Waals surface area (Å²) in [6.07, 6.45) is 5.19. The van der Waals surface area contributed by atoms with Gasteiger partial charge in [0.05, 0.1) is 17.5 Å². The van der Waals surface area contributed by atoms with Gasteiger partial charge in [0.2, 0.25) is 11.7 Å². The Kier molecular flexibility index (Phi) is 5.00. The van der Waals surface area contributed by atoms with Crippen molar-refractivity contribution in [3.63, 3.8) is 0 Å². The Hall–Kier alpha value is -1.24. The minimum absolute atomic E-state index is 0.422. The molecule has 2 aromatic heterocycles. The molecule has 3 heterocycles. The van der Waals surface area contributed by atoms with Crippen molar-refractivity contribution in [2.45, 2.75) is 38.3 Å². The van der Waals surface area contributed by atoms with Crippen molar-refractivity contribution in [1.29, 1.82) is 0 Å². The molecule has 0 saturated carbocycles. The first kappa shape index (κ1) is 14.7. The summed E-state index contributed by atoms with van der Waals surface area (Å²) in [6, 6.07) is 4.00. The molecule has 114 valence electrons. The Morgan fingerprint density at radius 3 is 3.14 bits per heavy atom. The van der Waals surface area contributed by atoms with E-state index in [2.05, 4.69) is 22.1 Å². The van der Waals surface area contributed by atoms with Gasteiger partial charge in [-0.1, -0.05) is 11.2 Å². The maximum absolute atomic E-state index is 5.75. The van der Waals surface area contributed by atoms with Gasteiger partial charge in [0, 0.05) is 13.2 Å². The van der Waals surface area contributed by atoms with E-state index in [4.69, 9.17) is 9.26 Å². The van der Waals surface area contributed by atoms with Crippen LogP contribution >= 0.6 is 11.3 Å². The summed E-state index contributed by atoms with van der Waals surface area (Å²) in [5.41, 5.74) is 0. The smallest absolute Gasteiger partial charge is 0.241 e. The number of nitrogens with zero attached hydrogens (tertiary/aromatic N) is 3. The SMILES string of the molecule is CN(CC[C@@H]1CCCCO1)Cc1nc(-c2cccs2)no1. The molecular formula is C15H21N3O2S. The van der Waals surface area contributed by atoms with Crippen LogP contribution in [0.2, 0.25) is 0 Å². The van der Waals surface area contributed by atoms with E-state index in [0.717, 1.165) is 24.4 Å². The summed E-state index contributed by atoms with van der Waals surface area (Å²) in [7, 11) is 2.08. The molecule has 1 aliphatic heterocycles. The predicted octanol–water partition coefficient (Wildman–Crippen LogP) is 3.19. The zero-order chi connectivity index (χ0) is 14.5. The van der Waals surface area contributed by atoms with Crippen LogP contribution in [0.15, 0.2) is 22.0 Å². The molecule has 0 unspecified atom stereocenters. The van der Waals surface area contributed by atoms with Crippen LogP contribution in [-0.2, 0) is 11.3 Å². The van der Waals surface area contributed by atoms with E-state index in [1.165, 1.54) is 19.3 Å². The molecule has 1 atom stereocenters. The van der Waals surface area contributed by atoms with Crippen LogP contribution in [0.5, 0.6) is 0 Å². The molecule has 1 saturated heterocycles. The van der Waals surface area contributed by atoms with Gasteiger partial charge in [-0.2, -0.15) is 4.98 Å². The number of thiophene rings is 1. The molecule has 21 heavy (non-hydrogen) atoms. The maximum atomic E-state index is 5.75. The number of rotatable bonds is 6. The third kappa shape index (κ3) is 4.12. The van der Waals surface area contributed by atoms with Gasteiger partial charge in [-0.3, -0.25) is 4.90 Å². The minimum atomic E-state index is 0.422. The number of ether oxygens (including phenoxy) is 1. The molecule has 3 rings (SSSR count). The highest BCUT2D eigenvalue weighted by Gasteiger charge is 2.16. The average Bonchev–Trinajstić information content (AvgIpc) is 3.17. The zero-order valence-electron chi connectivity index (χ0n) is 12.3. The molecule has 0 N–H and O–H groups in total. The van der Waals surface area contributed by atoms with Crippen molar-refractivity contribution in [3.8, 4) is 10.7 Å². The highest BCUT2D eigenvalue weighted by atomic mass is 32.1. The lowest BCUT2D eigenvalue weighted by Gasteiger charge is -2.24. The summed E-state index contributed by atoms with van der Waals surface area (Å²) >= 11 is 1.62. The van der Waals surface area contributed by atoms with Gasteiger partial charge in [-0.25, -0.2) is 0 Å². The fourth-order valence-electron chi connectivity index (χ4n) is 2.53. The van der Waals surface area contributed by atoms with Crippen molar-refractivity contribution >= 4 is 11.3 Å². The lowest BCUT2D eigenvalue weighted by atomic mass is 10.1. The number of aromatic nitrogens is 2. The van der Waals surface area contributed by atoms with Gasteiger partial charge in [0.1, 0.15) is 0 Å². The van der Waals surface area contributed by atoms with Crippen LogP contribution in [-0.4, -0.2) is 41.3 Å². The molecule has 0 aliphatic carbocycles. The normalized spacial score (nSPS) is 19.2. The van der Waals surface area contributed by atoms with Crippen molar-refractivity contribution in [2.24, 2.45) is 0 Å². The predicted molar refractivity (Wildman–Crippen MR) is 82.2 cm³/mol. The second-order valence-electron chi connectivity index (χ2n) is 5.50. The lowest BCUT2D eigenvalue weighted by Crippen LogP contribution is -2.26. The summed E-state index contributed by atoms with van der Waals surface area (Å²) in [6.45, 7) is 2.59. The quantitative estimate of drug-likeness (QED) is 0.820. The second-order valence-corrected chi connectivity index (χ2v) is 6.45. The molecule has 0 spiro atoms. The Balaban J connectivity index is 1.47. The molecule has 0 bridgehead atoms. The summed E-state index contributed by atoms with van der Waals surface area (Å²) in [5.74, 6) is 1.36. The van der Waals surface area contributed by atoms with Crippen LogP contribution in [0, 0.1) is 0 Å². The van der Waals surface area contributed by atoms with Crippen LogP contribution in [0.1, 0.15) is 31.6 Å². The Morgan fingerprint density at radius 1 is 1.43 bits per heavy atom. The van der Waals surface area contributed by atoms with Crippen LogP contribution in [0.25, 0.3) is 10.7 Å². The molecular weight excluding hydrogens is 286 g/mol. The minimum Gasteiger partial charge on any atom is -0.378 e. The molecule has 0 radical (unpaired) electrons. The maximum Gasteiger partial charge on any atom is 0.241 e. The zero-order valence-corrected chi connectivity index (χ0v) is 13.1. The van der Waals surface area contributed by atoms with Crippen LogP contribution in [0.4, 0.5) is 0 Å². The Morgan fingerprint density at radius 2 is 2.38 bits per heavy atom. The van der Waals surface area contributed by atoms with E-state index in [9.17, 15) is 0 Å². The van der Waals surface area contributed by atoms with E-state index in [0.29, 0.717) is 24.4 Å². The largest absolute Gasteiger partial charge is 0.378 e. The standard InChI is InChI=1S/C15H21N3O2S/c1-18(8-7-12-5-2-3-9-19-12)11-14-16-15(17-20-14)13-6-4-10-21-13/h4,6,10,12H,2-3,5,7-9,11H2,1H3/t12-/m0/s1. The monoisotopic (exact) mass is 307 g/mol. The van der Waals surface area contributed by atoms with Crippen LogP contribution < -0.4 is 0 Å². The van der Waals surface area contributed by atoms with Crippen molar-refractivity contribution in [3.05, 3.63) is 23.4 Å². The van der Waals surface area contributed by atoms with Gasteiger partial charge in [0.25, 0.3) is 0 Å². The first-order chi connectivity index (χ1) is 10.3. The van der Waals surface area contributed by atoms with E-state index < -0.39 is 0 Å². The number of hydrogen-bond acceptors (Lipinski definition) is 6. The molecule has 1 aliphatic rings. The van der Waals surface area contributed by atoms with E-state index in [-0.39, 0.29) is 0 Å². The summed E-state index contributed by atoms with van der Waals surface area (Å²) in [5, 5.41) is 6.05. The fraction of sp³-hybridized carbons (Fsp3) is 0.600. The summed E-state index contributed by atoms with van der Waals surface area (Å²) < 4.78 is 11.1. The van der Waals surface area contributed by atoms with E-state index >= 15 is 0 Å². The lowest BCUT2D eigenvalue weighted by molar-refractivity contribution is 0.00602. The molecule has 6 heteroatoms. The third-order valence-corrected chi connectivity index (χ3v) is 4.59. The van der Waals surface area contributed by atoms with Gasteiger partial charge in [-0.15, -0.1) is 11.3 Å². The average molecular weight is 307 g/mol. The number of hydrogen-bond donors (Lipinski definition) is 0. The van der Waals surface area contributed by atoms with E-state index in [1.54, 1.807) is 11.3 Å².